The summed E-state index contributed by atoms with van der Waals surface area (Å²) in [7, 11) is -0.0740. The molecule has 1 atom stereocenters. The highest BCUT2D eigenvalue weighted by atomic mass is 32.2. The molecule has 0 heterocycles. The highest BCUT2D eigenvalue weighted by Gasteiger charge is 2.20. The summed E-state index contributed by atoms with van der Waals surface area (Å²) < 4.78 is 30.5. The lowest BCUT2D eigenvalue weighted by atomic mass is 9.98. The van der Waals surface area contributed by atoms with Crippen molar-refractivity contribution >= 4 is 16.0 Å². The Balaban J connectivity index is 4.11. The van der Waals surface area contributed by atoms with E-state index in [-0.39, 0.29) is 17.6 Å². The van der Waals surface area contributed by atoms with Crippen molar-refractivity contribution in [2.75, 3.05) is 33.1 Å². The van der Waals surface area contributed by atoms with Gasteiger partial charge in [-0.1, -0.05) is 20.8 Å². The Morgan fingerprint density at radius 3 is 2.25 bits per heavy atom. The second kappa shape index (κ2) is 7.95. The Bertz CT molecular complexity index is 405. The normalized spacial score (nSPS) is 14.3. The fraction of sp³-hybridized carbons (Fsp3) is 0.923. The second-order valence-electron chi connectivity index (χ2n) is 6.53. The third kappa shape index (κ3) is 10.2. The smallest absolute Gasteiger partial charge is 0.265 e. The second-order valence-corrected chi connectivity index (χ2v) is 8.10. The number of quaternary nitrogens is 1. The van der Waals surface area contributed by atoms with Gasteiger partial charge in [0.25, 0.3) is 10.1 Å². The van der Waals surface area contributed by atoms with Crippen molar-refractivity contribution in [1.82, 2.24) is 5.32 Å². The average Bonchev–Trinajstić information content (AvgIpc) is 2.22. The van der Waals surface area contributed by atoms with Gasteiger partial charge >= 0.3 is 0 Å². The van der Waals surface area contributed by atoms with Gasteiger partial charge in [-0.2, -0.15) is 8.42 Å². The Morgan fingerprint density at radius 2 is 1.80 bits per heavy atom. The van der Waals surface area contributed by atoms with Gasteiger partial charge in [0.2, 0.25) is 5.91 Å². The molecule has 0 saturated carbocycles. The summed E-state index contributed by atoms with van der Waals surface area (Å²) in [6, 6.07) is 0. The van der Waals surface area contributed by atoms with Crippen LogP contribution in [0.2, 0.25) is 0 Å². The topological polar surface area (TPSA) is 83.5 Å². The summed E-state index contributed by atoms with van der Waals surface area (Å²) in [4.78, 5) is 11.9. The quantitative estimate of drug-likeness (QED) is 0.379. The zero-order valence-corrected chi connectivity index (χ0v) is 14.0. The van der Waals surface area contributed by atoms with Crippen LogP contribution >= 0.6 is 0 Å². The van der Waals surface area contributed by atoms with E-state index >= 15 is 0 Å². The minimum atomic E-state index is -3.90. The van der Waals surface area contributed by atoms with Gasteiger partial charge in [-0.25, -0.2) is 0 Å². The molecule has 1 amide bonds. The van der Waals surface area contributed by atoms with Gasteiger partial charge in [0.1, 0.15) is 0 Å². The SMILES string of the molecule is CC(C)CC(C)C(=O)NC[N+](C)(C)CCCS(=O)(=O)O. The predicted molar refractivity (Wildman–Crippen MR) is 79.6 cm³/mol. The number of nitrogens with zero attached hydrogens (tertiary/aromatic N) is 1. The Morgan fingerprint density at radius 1 is 1.25 bits per heavy atom. The monoisotopic (exact) mass is 309 g/mol. The molecule has 2 N–H and O–H groups in total. The van der Waals surface area contributed by atoms with Crippen LogP contribution in [0.15, 0.2) is 0 Å². The van der Waals surface area contributed by atoms with Crippen LogP contribution in [0.5, 0.6) is 0 Å². The summed E-state index contributed by atoms with van der Waals surface area (Å²) in [5, 5.41) is 2.90. The molecule has 20 heavy (non-hydrogen) atoms. The highest BCUT2D eigenvalue weighted by molar-refractivity contribution is 7.85. The summed E-state index contributed by atoms with van der Waals surface area (Å²) >= 11 is 0. The van der Waals surface area contributed by atoms with Crippen molar-refractivity contribution in [3.63, 3.8) is 0 Å². The average molecular weight is 309 g/mol. The van der Waals surface area contributed by atoms with Gasteiger partial charge in [-0.05, 0) is 12.3 Å². The zero-order valence-electron chi connectivity index (χ0n) is 13.2. The molecule has 0 fully saturated rings. The van der Waals surface area contributed by atoms with Crippen molar-refractivity contribution in [1.29, 1.82) is 0 Å². The maximum atomic E-state index is 11.9. The lowest BCUT2D eigenvalue weighted by Crippen LogP contribution is -2.50. The molecule has 0 bridgehead atoms. The van der Waals surface area contributed by atoms with Gasteiger partial charge in [0.15, 0.2) is 6.67 Å². The van der Waals surface area contributed by atoms with Crippen LogP contribution < -0.4 is 5.32 Å². The van der Waals surface area contributed by atoms with Crippen LogP contribution in [-0.2, 0) is 14.9 Å². The standard InChI is InChI=1S/C13H28N2O4S/c1-11(2)9-12(3)13(16)14-10-15(4,5)7-6-8-20(17,18)19/h11-12H,6-10H2,1-5H3,(H-,14,16,17,18,19)/p+1. The van der Waals surface area contributed by atoms with E-state index in [2.05, 4.69) is 19.2 Å². The minimum Gasteiger partial charge on any atom is -0.311 e. The van der Waals surface area contributed by atoms with Gasteiger partial charge in [0.05, 0.1) is 26.4 Å². The number of nitrogens with one attached hydrogen (secondary N) is 1. The number of carbonyl (C=O) groups is 1. The first-order chi connectivity index (χ1) is 8.93. The molecule has 0 aromatic heterocycles. The van der Waals surface area contributed by atoms with E-state index in [1.807, 2.05) is 21.0 Å². The molecule has 0 spiro atoms. The van der Waals surface area contributed by atoms with E-state index in [1.54, 1.807) is 0 Å². The fourth-order valence-corrected chi connectivity index (χ4v) is 2.53. The molecular weight excluding hydrogens is 280 g/mol. The molecule has 0 aliphatic heterocycles. The molecule has 6 nitrogen and oxygen atoms in total. The van der Waals surface area contributed by atoms with E-state index in [0.717, 1.165) is 6.42 Å². The maximum Gasteiger partial charge on any atom is 0.265 e. The van der Waals surface area contributed by atoms with Crippen LogP contribution in [0.4, 0.5) is 0 Å². The summed E-state index contributed by atoms with van der Waals surface area (Å²) in [5.41, 5.74) is 0. The first-order valence-corrected chi connectivity index (χ1v) is 8.59. The number of amides is 1. The van der Waals surface area contributed by atoms with Gasteiger partial charge in [-0.15, -0.1) is 0 Å². The van der Waals surface area contributed by atoms with E-state index < -0.39 is 10.1 Å². The molecule has 0 aliphatic rings. The fourth-order valence-electron chi connectivity index (χ4n) is 2.03. The Hall–Kier alpha value is -0.660. The van der Waals surface area contributed by atoms with Crippen LogP contribution in [0.25, 0.3) is 0 Å². The largest absolute Gasteiger partial charge is 0.311 e. The molecule has 0 rings (SSSR count). The van der Waals surface area contributed by atoms with Crippen molar-refractivity contribution in [2.24, 2.45) is 11.8 Å². The molecule has 0 radical (unpaired) electrons. The van der Waals surface area contributed by atoms with Crippen LogP contribution in [-0.4, -0.2) is 56.4 Å². The molecular formula is C13H29N2O4S+. The summed E-state index contributed by atoms with van der Waals surface area (Å²) in [6.45, 7) is 7.09. The predicted octanol–water partition coefficient (Wildman–Crippen LogP) is 1.10. The van der Waals surface area contributed by atoms with Crippen molar-refractivity contribution in [2.45, 2.75) is 33.6 Å². The lowest BCUT2D eigenvalue weighted by Gasteiger charge is -2.30. The highest BCUT2D eigenvalue weighted by Crippen LogP contribution is 2.11. The summed E-state index contributed by atoms with van der Waals surface area (Å²) in [6.07, 6.45) is 1.21. The number of carbonyl (C=O) groups excluding carboxylic acids is 1. The third-order valence-electron chi connectivity index (χ3n) is 3.12. The molecule has 120 valence electrons. The summed E-state index contributed by atoms with van der Waals surface area (Å²) in [5.74, 6) is 0.243. The van der Waals surface area contributed by atoms with Crippen LogP contribution in [0.1, 0.15) is 33.6 Å². The molecule has 1 unspecified atom stereocenters. The molecule has 0 saturated heterocycles. The van der Waals surface area contributed by atoms with Gasteiger partial charge in [-0.3, -0.25) is 9.35 Å². The zero-order chi connectivity index (χ0) is 16.0. The van der Waals surface area contributed by atoms with E-state index in [0.29, 0.717) is 30.0 Å². The molecule has 0 aromatic carbocycles. The van der Waals surface area contributed by atoms with E-state index in [9.17, 15) is 13.2 Å². The van der Waals surface area contributed by atoms with Gasteiger partial charge < -0.3 is 9.80 Å². The van der Waals surface area contributed by atoms with Crippen LogP contribution in [0.3, 0.4) is 0 Å². The molecule has 7 heteroatoms. The lowest BCUT2D eigenvalue weighted by molar-refractivity contribution is -0.892. The molecule has 0 aliphatic carbocycles. The minimum absolute atomic E-state index is 0.0205. The van der Waals surface area contributed by atoms with Crippen molar-refractivity contribution in [3.8, 4) is 0 Å². The Kier molecular flexibility index (Phi) is 7.69. The van der Waals surface area contributed by atoms with E-state index in [4.69, 9.17) is 4.55 Å². The first kappa shape index (κ1) is 19.3. The van der Waals surface area contributed by atoms with E-state index in [1.165, 1.54) is 0 Å². The number of hydrogen-bond donors (Lipinski definition) is 2. The van der Waals surface area contributed by atoms with Crippen molar-refractivity contribution in [3.05, 3.63) is 0 Å². The molecule has 0 aromatic rings. The maximum absolute atomic E-state index is 11.9. The van der Waals surface area contributed by atoms with Gasteiger partial charge in [0, 0.05) is 12.3 Å². The first-order valence-electron chi connectivity index (χ1n) is 6.98. The van der Waals surface area contributed by atoms with Crippen LogP contribution in [0, 0.1) is 11.8 Å². The van der Waals surface area contributed by atoms with Crippen molar-refractivity contribution < 1.29 is 22.2 Å². The number of hydrogen-bond acceptors (Lipinski definition) is 3. The number of rotatable bonds is 9. The third-order valence-corrected chi connectivity index (χ3v) is 3.92. The Labute approximate surface area is 122 Å².